The van der Waals surface area contributed by atoms with Crippen LogP contribution < -0.4 is 19.7 Å². The van der Waals surface area contributed by atoms with Gasteiger partial charge in [-0.15, -0.1) is 0 Å². The van der Waals surface area contributed by atoms with Gasteiger partial charge in [0.25, 0.3) is 5.91 Å². The number of ketones is 1. The number of rotatable bonds is 19. The van der Waals surface area contributed by atoms with Crippen molar-refractivity contribution < 1.29 is 48.0 Å². The molecule has 11 heteroatoms. The van der Waals surface area contributed by atoms with E-state index in [1.807, 2.05) is 119 Å². The van der Waals surface area contributed by atoms with Crippen molar-refractivity contribution in [3.63, 3.8) is 0 Å². The van der Waals surface area contributed by atoms with Crippen LogP contribution in [0.25, 0.3) is 0 Å². The second-order valence-corrected chi connectivity index (χ2v) is 15.3. The first-order valence-corrected chi connectivity index (χ1v) is 19.0. The number of allylic oxidation sites excluding steroid dienone is 5. The normalized spacial score (nSPS) is 13.5. The Morgan fingerprint density at radius 3 is 1.08 bits per heavy atom. The van der Waals surface area contributed by atoms with Gasteiger partial charge in [0.2, 0.25) is 0 Å². The summed E-state index contributed by atoms with van der Waals surface area (Å²) >= 11 is 0. The van der Waals surface area contributed by atoms with Gasteiger partial charge in [0.15, 0.2) is 5.78 Å². The maximum absolute atomic E-state index is 11.0. The van der Waals surface area contributed by atoms with Crippen molar-refractivity contribution in [3.8, 4) is 17.2 Å². The molecule has 0 bridgehead atoms. The average Bonchev–Trinajstić information content (AvgIpc) is 3.22. The minimum atomic E-state index is -0.569. The van der Waals surface area contributed by atoms with Gasteiger partial charge in [0.1, 0.15) is 23.5 Å². The molecule has 0 saturated heterocycles. The van der Waals surface area contributed by atoms with Crippen LogP contribution in [0.15, 0.2) is 121 Å². The van der Waals surface area contributed by atoms with Crippen molar-refractivity contribution in [3.05, 3.63) is 138 Å². The predicted octanol–water partition coefficient (Wildman–Crippen LogP) is 9.74. The molecule has 3 unspecified atom stereocenters. The second-order valence-electron chi connectivity index (χ2n) is 15.3. The molecule has 0 heterocycles. The third-order valence-corrected chi connectivity index (χ3v) is 9.26. The molecule has 3 rings (SSSR count). The summed E-state index contributed by atoms with van der Waals surface area (Å²) in [6, 6.07) is 23.2. The number of aldehydes is 1. The highest BCUT2D eigenvalue weighted by Gasteiger charge is 2.31. The number of hydroxylamine groups is 1. The fourth-order valence-electron chi connectivity index (χ4n) is 6.16. The van der Waals surface area contributed by atoms with Gasteiger partial charge < -0.3 is 33.2 Å². The van der Waals surface area contributed by atoms with E-state index >= 15 is 0 Å². The summed E-state index contributed by atoms with van der Waals surface area (Å²) < 4.78 is 32.1. The Morgan fingerprint density at radius 1 is 0.525 bits per heavy atom. The fourth-order valence-corrected chi connectivity index (χ4v) is 6.16. The minimum absolute atomic E-state index is 0.0379. The van der Waals surface area contributed by atoms with Crippen LogP contribution >= 0.6 is 0 Å². The van der Waals surface area contributed by atoms with E-state index < -0.39 is 11.3 Å². The molecule has 3 aromatic rings. The Labute approximate surface area is 351 Å². The number of benzene rings is 3. The monoisotopic (exact) mass is 815 g/mol. The topological polar surface area (TPSA) is 139 Å². The highest BCUT2D eigenvalue weighted by atomic mass is 16.5. The van der Waals surface area contributed by atoms with E-state index in [4.69, 9.17) is 33.6 Å². The van der Waals surface area contributed by atoms with E-state index in [2.05, 4.69) is 13.8 Å². The molecule has 0 aliphatic rings. The molecule has 59 heavy (non-hydrogen) atoms. The number of amides is 1. The van der Waals surface area contributed by atoms with Crippen molar-refractivity contribution in [1.82, 2.24) is 5.48 Å². The molecule has 0 aliphatic carbocycles. The van der Waals surface area contributed by atoms with E-state index in [1.54, 1.807) is 67.0 Å². The lowest BCUT2D eigenvalue weighted by Gasteiger charge is -2.31. The average molecular weight is 816 g/mol. The van der Waals surface area contributed by atoms with Gasteiger partial charge in [0, 0.05) is 38.2 Å². The number of hydrogen-bond donors (Lipinski definition) is 2. The second kappa shape index (κ2) is 25.9. The summed E-state index contributed by atoms with van der Waals surface area (Å²) in [5.74, 6) is 1.88. The summed E-state index contributed by atoms with van der Waals surface area (Å²) in [6.45, 7) is 13.5. The summed E-state index contributed by atoms with van der Waals surface area (Å²) in [4.78, 5) is 32.8. The summed E-state index contributed by atoms with van der Waals surface area (Å²) in [5.41, 5.74) is 3.60. The van der Waals surface area contributed by atoms with Gasteiger partial charge in [-0.05, 0) is 66.1 Å². The molecule has 3 atom stereocenters. The minimum Gasteiger partial charge on any atom is -0.497 e. The van der Waals surface area contributed by atoms with Gasteiger partial charge >= 0.3 is 0 Å². The van der Waals surface area contributed by atoms with Gasteiger partial charge in [-0.1, -0.05) is 114 Å². The zero-order chi connectivity index (χ0) is 44.6. The molecular formula is C48H65NO10. The molecule has 0 aromatic heterocycles. The maximum Gasteiger partial charge on any atom is 0.267 e. The molecular weight excluding hydrogens is 751 g/mol. The quantitative estimate of drug-likeness (QED) is 0.0395. The largest absolute Gasteiger partial charge is 0.497 e. The van der Waals surface area contributed by atoms with Crippen LogP contribution in [0.4, 0.5) is 0 Å². The van der Waals surface area contributed by atoms with Crippen molar-refractivity contribution in [2.24, 2.45) is 16.2 Å². The lowest BCUT2D eigenvalue weighted by atomic mass is 9.82. The number of nitrogens with one attached hydrogen (secondary N) is 1. The molecule has 3 aromatic carbocycles. The van der Waals surface area contributed by atoms with Crippen molar-refractivity contribution in [2.45, 2.75) is 66.8 Å². The summed E-state index contributed by atoms with van der Waals surface area (Å²) in [7, 11) is 9.88. The fraction of sp³-hybridized carbons (Fsp3) is 0.396. The van der Waals surface area contributed by atoms with Crippen molar-refractivity contribution in [2.75, 3.05) is 42.7 Å². The smallest absolute Gasteiger partial charge is 0.267 e. The van der Waals surface area contributed by atoms with Gasteiger partial charge in [-0.3, -0.25) is 14.8 Å². The zero-order valence-electron chi connectivity index (χ0n) is 37.0. The highest BCUT2D eigenvalue weighted by Crippen LogP contribution is 2.39. The van der Waals surface area contributed by atoms with Gasteiger partial charge in [-0.2, -0.15) is 0 Å². The van der Waals surface area contributed by atoms with Gasteiger partial charge in [0.05, 0.1) is 45.1 Å². The molecule has 0 saturated carbocycles. The lowest BCUT2D eigenvalue weighted by Crippen LogP contribution is -2.25. The summed E-state index contributed by atoms with van der Waals surface area (Å²) in [6.07, 6.45) is 14.2. The van der Waals surface area contributed by atoms with Crippen LogP contribution in [0.3, 0.4) is 0 Å². The zero-order valence-corrected chi connectivity index (χ0v) is 37.0. The molecule has 1 amide bonds. The number of carbonyl (C=O) groups is 3. The number of ether oxygens (including phenoxy) is 6. The van der Waals surface area contributed by atoms with Crippen LogP contribution in [0.1, 0.15) is 83.5 Å². The molecule has 11 nitrogen and oxygen atoms in total. The molecule has 0 radical (unpaired) electrons. The molecule has 0 spiro atoms. The van der Waals surface area contributed by atoms with Crippen molar-refractivity contribution in [1.29, 1.82) is 0 Å². The molecule has 2 N–H and O–H groups in total. The lowest BCUT2D eigenvalue weighted by molar-refractivity contribution is -0.124. The first kappa shape index (κ1) is 51.7. The molecule has 0 fully saturated rings. The van der Waals surface area contributed by atoms with E-state index in [9.17, 15) is 14.4 Å². The van der Waals surface area contributed by atoms with Crippen LogP contribution in [0.5, 0.6) is 17.2 Å². The Hall–Kier alpha value is -5.33. The SMILES string of the molecule is COc1ccc(C(OC)C(C)(C)/C=C/C=C/C(=O)NO)cc1.COc1ccc(C(OC)C(C)(C)/C=C/C=C/C(C)=O)cc1.COc1ccc(C(OC)C(C)(C)C=O)cc1. The Kier molecular flexibility index (Phi) is 22.7. The van der Waals surface area contributed by atoms with Crippen LogP contribution in [0, 0.1) is 16.2 Å². The Morgan fingerprint density at radius 2 is 0.831 bits per heavy atom. The highest BCUT2D eigenvalue weighted by molar-refractivity contribution is 5.87. The van der Waals surface area contributed by atoms with Crippen LogP contribution in [-0.4, -0.2) is 65.8 Å². The van der Waals surface area contributed by atoms with E-state index in [0.717, 1.165) is 40.2 Å². The first-order chi connectivity index (χ1) is 27.9. The maximum atomic E-state index is 11.0. The number of methoxy groups -OCH3 is 6. The van der Waals surface area contributed by atoms with E-state index in [0.29, 0.717) is 0 Å². The third kappa shape index (κ3) is 17.6. The predicted molar refractivity (Wildman–Crippen MR) is 233 cm³/mol. The Bertz CT molecular complexity index is 1810. The first-order valence-electron chi connectivity index (χ1n) is 19.0. The number of carbonyl (C=O) groups excluding carboxylic acids is 3. The van der Waals surface area contributed by atoms with Crippen LogP contribution in [-0.2, 0) is 28.6 Å². The van der Waals surface area contributed by atoms with E-state index in [1.165, 1.54) is 18.5 Å². The molecule has 0 aliphatic heterocycles. The van der Waals surface area contributed by atoms with Gasteiger partial charge in [-0.25, -0.2) is 5.48 Å². The summed E-state index contributed by atoms with van der Waals surface area (Å²) in [5, 5.41) is 8.41. The third-order valence-electron chi connectivity index (χ3n) is 9.26. The molecule has 322 valence electrons. The standard InChI is InChI=1S/C18H24O3.C17H23NO4.C13H18O3/c1-14(19)8-6-7-13-18(2,3)17(21-5)15-9-11-16(20-4)12-10-15;1-17(2,12-6-5-7-15(19)18-20)16(22-4)13-8-10-14(21-3)11-9-13;1-13(2,9-14)12(16-4)10-5-7-11(15-3)8-6-10/h6-13,17H,1-5H3;5-12,16,20H,1-4H3,(H,18,19);5-9,12H,1-4H3/b8-6+,13-7+;7-5+,12-6+;. The van der Waals surface area contributed by atoms with Crippen LogP contribution in [0.2, 0.25) is 0 Å². The van der Waals surface area contributed by atoms with E-state index in [-0.39, 0.29) is 34.9 Å². The van der Waals surface area contributed by atoms with Crippen molar-refractivity contribution >= 4 is 18.0 Å². The number of hydrogen-bond acceptors (Lipinski definition) is 10. The Balaban J connectivity index is 0.000000448.